The Kier molecular flexibility index (Phi) is 6.87. The Morgan fingerprint density at radius 3 is 2.31 bits per heavy atom. The van der Waals surface area contributed by atoms with Gasteiger partial charge in [0.05, 0.1) is 0 Å². The van der Waals surface area contributed by atoms with Crippen molar-refractivity contribution < 1.29 is 19.4 Å². The Labute approximate surface area is 173 Å². The fourth-order valence-corrected chi connectivity index (χ4v) is 2.91. The van der Waals surface area contributed by atoms with E-state index < -0.39 is 17.9 Å². The maximum atomic E-state index is 12.3. The molecule has 3 aromatic rings. The molecule has 6 heteroatoms. The van der Waals surface area contributed by atoms with Crippen molar-refractivity contribution in [2.24, 2.45) is 0 Å². The number of hydrogen-bond donors (Lipinski definition) is 2. The van der Waals surface area contributed by atoms with Gasteiger partial charge in [-0.2, -0.15) is 0 Å². The molecule has 3 aromatic carbocycles. The van der Waals surface area contributed by atoms with Gasteiger partial charge in [0.2, 0.25) is 0 Å². The summed E-state index contributed by atoms with van der Waals surface area (Å²) in [6, 6.07) is 22.2. The van der Waals surface area contributed by atoms with Crippen LogP contribution < -0.4 is 10.1 Å². The summed E-state index contributed by atoms with van der Waals surface area (Å²) in [4.78, 5) is 24.0. The lowest BCUT2D eigenvalue weighted by molar-refractivity contribution is -0.139. The number of carbonyl (C=O) groups is 2. The number of hydrogen-bond acceptors (Lipinski definition) is 3. The molecule has 3 rings (SSSR count). The lowest BCUT2D eigenvalue weighted by Gasteiger charge is -2.15. The number of amides is 1. The summed E-state index contributed by atoms with van der Waals surface area (Å²) in [7, 11) is 0. The van der Waals surface area contributed by atoms with Gasteiger partial charge in [-0.15, -0.1) is 0 Å². The number of carboxylic acid groups (broad SMARTS) is 1. The van der Waals surface area contributed by atoms with Gasteiger partial charge in [0.25, 0.3) is 5.91 Å². The zero-order valence-electron chi connectivity index (χ0n) is 15.5. The van der Waals surface area contributed by atoms with Gasteiger partial charge in [-0.05, 0) is 47.5 Å². The summed E-state index contributed by atoms with van der Waals surface area (Å²) in [6.45, 7) is 0.417. The molecular formula is C23H20ClNO4. The molecule has 0 bridgehead atoms. The highest BCUT2D eigenvalue weighted by Gasteiger charge is 2.21. The summed E-state index contributed by atoms with van der Waals surface area (Å²) < 4.78 is 5.79. The predicted octanol–water partition coefficient (Wildman–Crippen LogP) is 4.34. The maximum absolute atomic E-state index is 12.3. The van der Waals surface area contributed by atoms with Gasteiger partial charge < -0.3 is 15.2 Å². The minimum Gasteiger partial charge on any atom is -0.489 e. The smallest absolute Gasteiger partial charge is 0.326 e. The fourth-order valence-electron chi connectivity index (χ4n) is 2.78. The van der Waals surface area contributed by atoms with Crippen LogP contribution in [0.5, 0.6) is 5.75 Å². The SMILES string of the molecule is O=C(N[C@@H](Cc1cccc(OCc2ccccc2)c1)C(=O)O)c1ccc(Cl)cc1. The van der Waals surface area contributed by atoms with E-state index in [0.717, 1.165) is 11.1 Å². The van der Waals surface area contributed by atoms with E-state index >= 15 is 0 Å². The van der Waals surface area contributed by atoms with Crippen molar-refractivity contribution in [1.82, 2.24) is 5.32 Å². The van der Waals surface area contributed by atoms with E-state index in [9.17, 15) is 14.7 Å². The van der Waals surface area contributed by atoms with Crippen molar-refractivity contribution in [3.8, 4) is 5.75 Å². The zero-order valence-corrected chi connectivity index (χ0v) is 16.3. The molecule has 0 saturated carbocycles. The first-order valence-corrected chi connectivity index (χ1v) is 9.44. The van der Waals surface area contributed by atoms with Crippen LogP contribution >= 0.6 is 11.6 Å². The zero-order chi connectivity index (χ0) is 20.6. The third kappa shape index (κ3) is 6.09. The average Bonchev–Trinajstić information content (AvgIpc) is 2.73. The molecule has 29 heavy (non-hydrogen) atoms. The first-order valence-electron chi connectivity index (χ1n) is 9.06. The normalized spacial score (nSPS) is 11.5. The van der Waals surface area contributed by atoms with Crippen molar-refractivity contribution in [3.63, 3.8) is 0 Å². The Hall–Kier alpha value is -3.31. The number of aliphatic carboxylic acids is 1. The summed E-state index contributed by atoms with van der Waals surface area (Å²) in [5, 5.41) is 12.6. The molecule has 0 saturated heterocycles. The minimum atomic E-state index is -1.11. The number of halogens is 1. The van der Waals surface area contributed by atoms with Crippen LogP contribution in [0.3, 0.4) is 0 Å². The number of carbonyl (C=O) groups excluding carboxylic acids is 1. The molecular weight excluding hydrogens is 390 g/mol. The van der Waals surface area contributed by atoms with Crippen LogP contribution in [0, 0.1) is 0 Å². The van der Waals surface area contributed by atoms with Gasteiger partial charge in [-0.1, -0.05) is 54.1 Å². The number of nitrogens with one attached hydrogen (secondary N) is 1. The molecule has 0 unspecified atom stereocenters. The van der Waals surface area contributed by atoms with Gasteiger partial charge >= 0.3 is 5.97 Å². The molecule has 2 N–H and O–H groups in total. The predicted molar refractivity (Wildman–Crippen MR) is 111 cm³/mol. The van der Waals surface area contributed by atoms with Crippen LogP contribution in [-0.2, 0) is 17.8 Å². The molecule has 0 aromatic heterocycles. The van der Waals surface area contributed by atoms with E-state index in [0.29, 0.717) is 22.9 Å². The molecule has 1 amide bonds. The second kappa shape index (κ2) is 9.75. The van der Waals surface area contributed by atoms with Crippen LogP contribution in [0.15, 0.2) is 78.9 Å². The number of rotatable bonds is 8. The Bertz CT molecular complexity index is 974. The van der Waals surface area contributed by atoms with Crippen LogP contribution in [-0.4, -0.2) is 23.0 Å². The van der Waals surface area contributed by atoms with Gasteiger partial charge in [0.15, 0.2) is 0 Å². The molecule has 0 radical (unpaired) electrons. The van der Waals surface area contributed by atoms with E-state index in [4.69, 9.17) is 16.3 Å². The highest BCUT2D eigenvalue weighted by atomic mass is 35.5. The second-order valence-corrected chi connectivity index (χ2v) is 6.93. The molecule has 0 aliphatic rings. The van der Waals surface area contributed by atoms with Crippen molar-refractivity contribution in [1.29, 1.82) is 0 Å². The third-order valence-corrected chi connectivity index (χ3v) is 4.55. The molecule has 5 nitrogen and oxygen atoms in total. The van der Waals surface area contributed by atoms with Crippen LogP contribution in [0.2, 0.25) is 5.02 Å². The molecule has 0 fully saturated rings. The van der Waals surface area contributed by atoms with E-state index in [1.165, 1.54) is 0 Å². The van der Waals surface area contributed by atoms with Crippen molar-refractivity contribution in [2.75, 3.05) is 0 Å². The van der Waals surface area contributed by atoms with Gasteiger partial charge in [0, 0.05) is 17.0 Å². The number of benzene rings is 3. The maximum Gasteiger partial charge on any atom is 0.326 e. The molecule has 0 aliphatic heterocycles. The van der Waals surface area contributed by atoms with Gasteiger partial charge in [-0.25, -0.2) is 4.79 Å². The summed E-state index contributed by atoms with van der Waals surface area (Å²) in [5.74, 6) is -0.937. The molecule has 148 valence electrons. The number of carboxylic acids is 1. The second-order valence-electron chi connectivity index (χ2n) is 6.50. The van der Waals surface area contributed by atoms with E-state index in [2.05, 4.69) is 5.32 Å². The monoisotopic (exact) mass is 409 g/mol. The van der Waals surface area contributed by atoms with Crippen LogP contribution in [0.1, 0.15) is 21.5 Å². The molecule has 0 heterocycles. The quantitative estimate of drug-likeness (QED) is 0.580. The Morgan fingerprint density at radius 1 is 0.931 bits per heavy atom. The van der Waals surface area contributed by atoms with Crippen molar-refractivity contribution in [3.05, 3.63) is 101 Å². The highest BCUT2D eigenvalue weighted by molar-refractivity contribution is 6.30. The standard InChI is InChI=1S/C23H20ClNO4/c24-19-11-9-18(10-12-19)22(26)25-21(23(27)28)14-17-7-4-8-20(13-17)29-15-16-5-2-1-3-6-16/h1-13,21H,14-15H2,(H,25,26)(H,27,28)/t21-/m0/s1. The summed E-state index contributed by atoms with van der Waals surface area (Å²) in [6.07, 6.45) is 0.136. The van der Waals surface area contributed by atoms with E-state index in [-0.39, 0.29) is 6.42 Å². The van der Waals surface area contributed by atoms with Crippen LogP contribution in [0.25, 0.3) is 0 Å². The highest BCUT2D eigenvalue weighted by Crippen LogP contribution is 2.17. The van der Waals surface area contributed by atoms with Gasteiger partial charge in [0.1, 0.15) is 18.4 Å². The topological polar surface area (TPSA) is 75.6 Å². The minimum absolute atomic E-state index is 0.136. The van der Waals surface area contributed by atoms with Crippen LogP contribution in [0.4, 0.5) is 0 Å². The first-order chi connectivity index (χ1) is 14.0. The van der Waals surface area contributed by atoms with Gasteiger partial charge in [-0.3, -0.25) is 4.79 Å². The van der Waals surface area contributed by atoms with Crippen molar-refractivity contribution in [2.45, 2.75) is 19.1 Å². The largest absolute Gasteiger partial charge is 0.489 e. The first kappa shape index (κ1) is 20.4. The molecule has 0 spiro atoms. The average molecular weight is 410 g/mol. The number of ether oxygens (including phenoxy) is 1. The van der Waals surface area contributed by atoms with E-state index in [1.54, 1.807) is 42.5 Å². The third-order valence-electron chi connectivity index (χ3n) is 4.30. The van der Waals surface area contributed by atoms with Crippen molar-refractivity contribution >= 4 is 23.5 Å². The Morgan fingerprint density at radius 2 is 1.62 bits per heavy atom. The summed E-state index contributed by atoms with van der Waals surface area (Å²) >= 11 is 5.82. The summed E-state index contributed by atoms with van der Waals surface area (Å²) in [5.41, 5.74) is 2.14. The fraction of sp³-hybridized carbons (Fsp3) is 0.130. The lowest BCUT2D eigenvalue weighted by atomic mass is 10.0. The van der Waals surface area contributed by atoms with E-state index in [1.807, 2.05) is 36.4 Å². The Balaban J connectivity index is 1.64. The lowest BCUT2D eigenvalue weighted by Crippen LogP contribution is -2.42. The molecule has 0 aliphatic carbocycles. The molecule has 1 atom stereocenters.